The van der Waals surface area contributed by atoms with Crippen molar-refractivity contribution in [2.24, 2.45) is 10.9 Å². The van der Waals surface area contributed by atoms with Crippen LogP contribution in [0.15, 0.2) is 29.6 Å². The Labute approximate surface area is 112 Å². The van der Waals surface area contributed by atoms with Gasteiger partial charge in [-0.25, -0.2) is 0 Å². The molecule has 0 aliphatic rings. The summed E-state index contributed by atoms with van der Waals surface area (Å²) in [6.45, 7) is 1.80. The van der Waals surface area contributed by atoms with Crippen molar-refractivity contribution in [3.63, 3.8) is 0 Å². The number of nitrogens with one attached hydrogen (secondary N) is 1. The minimum atomic E-state index is -0.340. The summed E-state index contributed by atoms with van der Waals surface area (Å²) < 4.78 is 3.62. The Hall–Kier alpha value is -2.48. The van der Waals surface area contributed by atoms with Crippen LogP contribution in [0.3, 0.4) is 0 Å². The Bertz CT molecular complexity index is 624. The fraction of sp³-hybridized carbons (Fsp3) is 0.0909. The zero-order valence-corrected chi connectivity index (χ0v) is 10.8. The molecule has 1 amide bonds. The lowest BCUT2D eigenvalue weighted by molar-refractivity contribution is 0.103. The van der Waals surface area contributed by atoms with Gasteiger partial charge in [-0.05, 0) is 30.1 Å². The van der Waals surface area contributed by atoms with E-state index in [1.54, 1.807) is 25.1 Å². The van der Waals surface area contributed by atoms with Crippen molar-refractivity contribution in [2.75, 3.05) is 5.32 Å². The van der Waals surface area contributed by atoms with Crippen molar-refractivity contribution in [1.82, 2.24) is 9.59 Å². The Morgan fingerprint density at radius 1 is 1.53 bits per heavy atom. The lowest BCUT2D eigenvalue weighted by atomic mass is 10.1. The number of nitrogens with two attached hydrogens (primary N) is 1. The van der Waals surface area contributed by atoms with Gasteiger partial charge in [0.1, 0.15) is 4.88 Å². The first-order valence-electron chi connectivity index (χ1n) is 5.29. The molecule has 0 radical (unpaired) electrons. The van der Waals surface area contributed by atoms with Crippen molar-refractivity contribution in [2.45, 2.75) is 6.92 Å². The number of carbonyl (C=O) groups excluding carboxylic acids is 1. The van der Waals surface area contributed by atoms with Gasteiger partial charge in [0.25, 0.3) is 5.91 Å². The van der Waals surface area contributed by atoms with Crippen molar-refractivity contribution in [3.8, 4) is 0 Å². The third kappa shape index (κ3) is 2.68. The highest BCUT2D eigenvalue weighted by molar-refractivity contribution is 7.07. The van der Waals surface area contributed by atoms with Crippen molar-refractivity contribution in [3.05, 3.63) is 40.4 Å². The minimum absolute atomic E-state index is 0.0594. The summed E-state index contributed by atoms with van der Waals surface area (Å²) >= 11 is 0.990. The largest absolute Gasteiger partial charge is 0.409 e. The van der Waals surface area contributed by atoms with E-state index in [1.165, 1.54) is 6.20 Å². The van der Waals surface area contributed by atoms with Crippen LogP contribution in [0.2, 0.25) is 0 Å². The number of aryl methyl sites for hydroxylation is 1. The van der Waals surface area contributed by atoms with Crippen molar-refractivity contribution < 1.29 is 10.0 Å². The van der Waals surface area contributed by atoms with E-state index in [-0.39, 0.29) is 11.7 Å². The summed E-state index contributed by atoms with van der Waals surface area (Å²) in [5.74, 6) is -0.400. The second-order valence-electron chi connectivity index (χ2n) is 3.72. The molecule has 7 nitrogen and oxygen atoms in total. The summed E-state index contributed by atoms with van der Waals surface area (Å²) in [5, 5.41) is 18.0. The second kappa shape index (κ2) is 5.44. The number of oxime groups is 1. The van der Waals surface area contributed by atoms with Gasteiger partial charge in [0, 0.05) is 5.56 Å². The molecule has 0 fully saturated rings. The molecule has 8 heteroatoms. The molecule has 19 heavy (non-hydrogen) atoms. The van der Waals surface area contributed by atoms with Crippen LogP contribution in [0.4, 0.5) is 5.69 Å². The van der Waals surface area contributed by atoms with Crippen LogP contribution in [-0.2, 0) is 0 Å². The zero-order chi connectivity index (χ0) is 13.8. The topological polar surface area (TPSA) is 113 Å². The Morgan fingerprint density at radius 3 is 2.95 bits per heavy atom. The molecule has 0 bridgehead atoms. The molecule has 1 aromatic heterocycles. The molecule has 0 spiro atoms. The summed E-state index contributed by atoms with van der Waals surface area (Å²) in [5.41, 5.74) is 7.35. The number of benzene rings is 1. The smallest absolute Gasteiger partial charge is 0.269 e. The number of hydrogen-bond acceptors (Lipinski definition) is 6. The highest BCUT2D eigenvalue weighted by Gasteiger charge is 2.14. The summed E-state index contributed by atoms with van der Waals surface area (Å²) in [6.07, 6.45) is 1.37. The number of hydrogen-bond donors (Lipinski definition) is 3. The van der Waals surface area contributed by atoms with E-state index in [0.29, 0.717) is 16.1 Å². The van der Waals surface area contributed by atoms with Crippen molar-refractivity contribution >= 4 is 29.0 Å². The normalized spacial score (nSPS) is 11.3. The van der Waals surface area contributed by atoms with Crippen LogP contribution in [0, 0.1) is 6.92 Å². The first kappa shape index (κ1) is 13.0. The van der Waals surface area contributed by atoms with Gasteiger partial charge < -0.3 is 16.3 Å². The molecule has 2 aromatic rings. The molecule has 4 N–H and O–H groups in total. The summed E-state index contributed by atoms with van der Waals surface area (Å²) in [7, 11) is 0. The molecule has 0 aliphatic heterocycles. The molecule has 0 aliphatic carbocycles. The lowest BCUT2D eigenvalue weighted by Gasteiger charge is -2.11. The molecule has 2 rings (SSSR count). The first-order valence-corrected chi connectivity index (χ1v) is 6.07. The van der Waals surface area contributed by atoms with Gasteiger partial charge in [-0.1, -0.05) is 21.8 Å². The third-order valence-corrected chi connectivity index (χ3v) is 3.13. The molecule has 0 atom stereocenters. The van der Waals surface area contributed by atoms with Crippen LogP contribution in [0.25, 0.3) is 0 Å². The van der Waals surface area contributed by atoms with E-state index in [9.17, 15) is 4.79 Å². The summed E-state index contributed by atoms with van der Waals surface area (Å²) in [6, 6.07) is 5.24. The fourth-order valence-corrected chi connectivity index (χ4v) is 2.02. The number of anilines is 1. The Kier molecular flexibility index (Phi) is 3.71. The predicted octanol–water partition coefficient (Wildman–Crippen LogP) is 1.19. The van der Waals surface area contributed by atoms with Crippen LogP contribution >= 0.6 is 11.5 Å². The van der Waals surface area contributed by atoms with Gasteiger partial charge in [-0.2, -0.15) is 0 Å². The highest BCUT2D eigenvalue weighted by Crippen LogP contribution is 2.20. The Balaban J connectivity index is 2.36. The van der Waals surface area contributed by atoms with E-state index >= 15 is 0 Å². The number of amides is 1. The van der Waals surface area contributed by atoms with Gasteiger partial charge in [0.15, 0.2) is 5.84 Å². The van der Waals surface area contributed by atoms with E-state index < -0.39 is 0 Å². The maximum absolute atomic E-state index is 11.9. The quantitative estimate of drug-likeness (QED) is 0.337. The van der Waals surface area contributed by atoms with Gasteiger partial charge in [-0.15, -0.1) is 5.10 Å². The standard InChI is InChI=1S/C11H11N5O2S/c1-6-3-2-4-7(9(6)10(12)15-18)14-11(17)8-5-13-16-19-8/h2-5,18H,1H3,(H2,12,15)(H,14,17). The zero-order valence-electron chi connectivity index (χ0n) is 9.99. The molecule has 1 heterocycles. The van der Waals surface area contributed by atoms with E-state index in [2.05, 4.69) is 20.1 Å². The maximum atomic E-state index is 11.9. The fourth-order valence-electron chi connectivity index (χ4n) is 1.61. The average molecular weight is 277 g/mol. The van der Waals surface area contributed by atoms with Crippen LogP contribution in [-0.4, -0.2) is 26.5 Å². The van der Waals surface area contributed by atoms with Crippen molar-refractivity contribution in [1.29, 1.82) is 0 Å². The molecular formula is C11H11N5O2S. The molecule has 0 saturated carbocycles. The first-order chi connectivity index (χ1) is 9.13. The van der Waals surface area contributed by atoms with Gasteiger partial charge >= 0.3 is 0 Å². The molecule has 98 valence electrons. The van der Waals surface area contributed by atoms with E-state index in [0.717, 1.165) is 17.1 Å². The monoisotopic (exact) mass is 277 g/mol. The van der Waals surface area contributed by atoms with Crippen LogP contribution in [0.5, 0.6) is 0 Å². The lowest BCUT2D eigenvalue weighted by Crippen LogP contribution is -2.20. The van der Waals surface area contributed by atoms with Gasteiger partial charge in [0.05, 0.1) is 11.9 Å². The van der Waals surface area contributed by atoms with Crippen LogP contribution in [0.1, 0.15) is 20.8 Å². The molecule has 0 unspecified atom stereocenters. The number of aromatic nitrogens is 2. The minimum Gasteiger partial charge on any atom is -0.409 e. The number of nitrogens with zero attached hydrogens (tertiary/aromatic N) is 3. The van der Waals surface area contributed by atoms with Gasteiger partial charge in [0.2, 0.25) is 0 Å². The second-order valence-corrected chi connectivity index (χ2v) is 4.50. The predicted molar refractivity (Wildman–Crippen MR) is 71.6 cm³/mol. The van der Waals surface area contributed by atoms with E-state index in [4.69, 9.17) is 10.9 Å². The number of rotatable bonds is 3. The summed E-state index contributed by atoms with van der Waals surface area (Å²) in [4.78, 5) is 12.3. The average Bonchev–Trinajstić information content (AvgIpc) is 2.92. The number of amidine groups is 1. The molecule has 0 saturated heterocycles. The molecule has 1 aromatic carbocycles. The third-order valence-electron chi connectivity index (χ3n) is 2.47. The number of carbonyl (C=O) groups is 1. The highest BCUT2D eigenvalue weighted by atomic mass is 32.1. The SMILES string of the molecule is Cc1cccc(NC(=O)c2cnns2)c1/C(N)=N/O. The van der Waals surface area contributed by atoms with E-state index in [1.807, 2.05) is 0 Å². The van der Waals surface area contributed by atoms with Crippen LogP contribution < -0.4 is 11.1 Å². The maximum Gasteiger partial charge on any atom is 0.269 e. The molecular weight excluding hydrogens is 266 g/mol. The Morgan fingerprint density at radius 2 is 2.32 bits per heavy atom. The van der Waals surface area contributed by atoms with Gasteiger partial charge in [-0.3, -0.25) is 4.79 Å².